The second kappa shape index (κ2) is 4.42. The molecular weight excluding hydrogens is 249 g/mol. The van der Waals surface area contributed by atoms with Gasteiger partial charge in [-0.1, -0.05) is 0 Å². The van der Waals surface area contributed by atoms with E-state index in [0.29, 0.717) is 11.5 Å². The first kappa shape index (κ1) is 11.2. The van der Waals surface area contributed by atoms with Gasteiger partial charge in [0.15, 0.2) is 0 Å². The van der Waals surface area contributed by atoms with E-state index in [0.717, 1.165) is 12.1 Å². The Morgan fingerprint density at radius 1 is 1.33 bits per heavy atom. The normalized spacial score (nSPS) is 11.0. The van der Waals surface area contributed by atoms with Crippen molar-refractivity contribution in [3.8, 4) is 0 Å². The zero-order valence-electron chi connectivity index (χ0n) is 9.83. The molecule has 0 unspecified atom stereocenters. The molecule has 3 nitrogen and oxygen atoms in total. The number of benzene rings is 1. The van der Waals surface area contributed by atoms with Crippen LogP contribution < -0.4 is 5.32 Å². The third-order valence-corrected chi connectivity index (χ3v) is 3.67. The van der Waals surface area contributed by atoms with Crippen molar-refractivity contribution in [2.24, 2.45) is 0 Å². The van der Waals surface area contributed by atoms with E-state index in [1.165, 1.54) is 21.9 Å². The first-order valence-corrected chi connectivity index (χ1v) is 6.47. The van der Waals surface area contributed by atoms with E-state index >= 15 is 0 Å². The first-order chi connectivity index (χ1) is 8.70. The van der Waals surface area contributed by atoms with Crippen molar-refractivity contribution in [2.75, 3.05) is 5.32 Å². The van der Waals surface area contributed by atoms with Gasteiger partial charge in [-0.2, -0.15) is 0 Å². The van der Waals surface area contributed by atoms with E-state index in [-0.39, 0.29) is 5.82 Å². The maximum atomic E-state index is 13.0. The molecule has 2 aromatic heterocycles. The second-order valence-electron chi connectivity index (χ2n) is 4.11. The van der Waals surface area contributed by atoms with Crippen molar-refractivity contribution < 1.29 is 4.39 Å². The number of hydrogen-bond acceptors (Lipinski definition) is 3. The molecule has 3 aromatic rings. The molecule has 0 amide bonds. The Kier molecular flexibility index (Phi) is 2.76. The van der Waals surface area contributed by atoms with Crippen molar-refractivity contribution >= 4 is 28.3 Å². The van der Waals surface area contributed by atoms with Crippen LogP contribution >= 0.6 is 11.3 Å². The zero-order chi connectivity index (χ0) is 12.5. The van der Waals surface area contributed by atoms with Crippen molar-refractivity contribution in [1.29, 1.82) is 0 Å². The van der Waals surface area contributed by atoms with E-state index in [4.69, 9.17) is 0 Å². The predicted molar refractivity (Wildman–Crippen MR) is 72.4 cm³/mol. The largest absolute Gasteiger partial charge is 0.351 e. The molecule has 0 aliphatic heterocycles. The maximum absolute atomic E-state index is 13.0. The molecule has 0 radical (unpaired) electrons. The Balaban J connectivity index is 1.78. The lowest BCUT2D eigenvalue weighted by molar-refractivity contribution is 0.629. The number of H-pyrrole nitrogens is 1. The van der Waals surface area contributed by atoms with Gasteiger partial charge < -0.3 is 10.3 Å². The van der Waals surface area contributed by atoms with Crippen LogP contribution in [0.2, 0.25) is 0 Å². The molecule has 0 aliphatic rings. The summed E-state index contributed by atoms with van der Waals surface area (Å²) in [5, 5.41) is 3.20. The van der Waals surface area contributed by atoms with Gasteiger partial charge >= 0.3 is 0 Å². The Labute approximate surface area is 108 Å². The summed E-state index contributed by atoms with van der Waals surface area (Å²) in [6, 6.07) is 8.71. The Bertz CT molecular complexity index is 686. The minimum absolute atomic E-state index is 0.258. The number of nitrogens with one attached hydrogen (secondary N) is 2. The molecule has 0 fully saturated rings. The molecular formula is C13H12FN3S. The van der Waals surface area contributed by atoms with Gasteiger partial charge in [-0.05, 0) is 37.3 Å². The number of imidazole rings is 1. The monoisotopic (exact) mass is 261 g/mol. The molecule has 92 valence electrons. The van der Waals surface area contributed by atoms with Crippen LogP contribution in [-0.4, -0.2) is 9.97 Å². The summed E-state index contributed by atoms with van der Waals surface area (Å²) in [6.45, 7) is 2.80. The van der Waals surface area contributed by atoms with Crippen LogP contribution in [0.15, 0.2) is 30.3 Å². The van der Waals surface area contributed by atoms with Gasteiger partial charge in [-0.3, -0.25) is 0 Å². The van der Waals surface area contributed by atoms with Gasteiger partial charge in [-0.25, -0.2) is 9.37 Å². The van der Waals surface area contributed by atoms with Gasteiger partial charge in [0.1, 0.15) is 5.82 Å². The van der Waals surface area contributed by atoms with E-state index in [1.54, 1.807) is 17.4 Å². The smallest absolute Gasteiger partial charge is 0.201 e. The highest BCUT2D eigenvalue weighted by Crippen LogP contribution is 2.18. The summed E-state index contributed by atoms with van der Waals surface area (Å²) in [7, 11) is 0. The molecule has 1 aromatic carbocycles. The molecule has 0 saturated heterocycles. The number of nitrogens with zero attached hydrogens (tertiary/aromatic N) is 1. The summed E-state index contributed by atoms with van der Waals surface area (Å²) in [6.07, 6.45) is 0. The number of fused-ring (bicyclic) bond motifs is 1. The van der Waals surface area contributed by atoms with Crippen LogP contribution in [0, 0.1) is 12.7 Å². The summed E-state index contributed by atoms with van der Waals surface area (Å²) < 4.78 is 13.0. The summed E-state index contributed by atoms with van der Waals surface area (Å²) in [4.78, 5) is 9.94. The zero-order valence-corrected chi connectivity index (χ0v) is 10.6. The number of rotatable bonds is 3. The van der Waals surface area contributed by atoms with Crippen LogP contribution in [0.3, 0.4) is 0 Å². The summed E-state index contributed by atoms with van der Waals surface area (Å²) in [5.74, 6) is 0.410. The lowest BCUT2D eigenvalue weighted by Gasteiger charge is -1.98. The molecule has 0 spiro atoms. The van der Waals surface area contributed by atoms with Crippen molar-refractivity contribution in [3.05, 3.63) is 45.9 Å². The molecule has 0 bridgehead atoms. The van der Waals surface area contributed by atoms with Crippen molar-refractivity contribution in [2.45, 2.75) is 13.5 Å². The SMILES string of the molecule is Cc1ccc(CNc2nc3ccc(F)cc3[nH]2)s1. The maximum Gasteiger partial charge on any atom is 0.201 e. The Morgan fingerprint density at radius 3 is 3.00 bits per heavy atom. The highest BCUT2D eigenvalue weighted by Gasteiger charge is 2.04. The fraction of sp³-hybridized carbons (Fsp3) is 0.154. The average molecular weight is 261 g/mol. The molecule has 0 atom stereocenters. The molecule has 5 heteroatoms. The minimum Gasteiger partial charge on any atom is -0.351 e. The highest BCUT2D eigenvalue weighted by atomic mass is 32.1. The standard InChI is InChI=1S/C13H12FN3S/c1-8-2-4-10(18-8)7-15-13-16-11-5-3-9(14)6-12(11)17-13/h2-6H,7H2,1H3,(H2,15,16,17). The molecule has 0 saturated carbocycles. The van der Waals surface area contributed by atoms with E-state index in [9.17, 15) is 4.39 Å². The van der Waals surface area contributed by atoms with Gasteiger partial charge in [-0.15, -0.1) is 11.3 Å². The van der Waals surface area contributed by atoms with E-state index in [2.05, 4.69) is 34.3 Å². The van der Waals surface area contributed by atoms with Crippen molar-refractivity contribution in [1.82, 2.24) is 9.97 Å². The molecule has 3 rings (SSSR count). The third-order valence-electron chi connectivity index (χ3n) is 2.67. The van der Waals surface area contributed by atoms with Crippen LogP contribution in [0.5, 0.6) is 0 Å². The number of aromatic nitrogens is 2. The number of hydrogen-bond donors (Lipinski definition) is 2. The van der Waals surface area contributed by atoms with Gasteiger partial charge in [0.05, 0.1) is 17.6 Å². The Hall–Kier alpha value is -1.88. The lowest BCUT2D eigenvalue weighted by atomic mass is 10.3. The molecule has 2 N–H and O–H groups in total. The van der Waals surface area contributed by atoms with Crippen LogP contribution in [0.4, 0.5) is 10.3 Å². The first-order valence-electron chi connectivity index (χ1n) is 5.65. The van der Waals surface area contributed by atoms with Gasteiger partial charge in [0, 0.05) is 9.75 Å². The van der Waals surface area contributed by atoms with Crippen LogP contribution in [0.25, 0.3) is 11.0 Å². The number of aryl methyl sites for hydroxylation is 1. The summed E-state index contributed by atoms with van der Waals surface area (Å²) in [5.41, 5.74) is 1.47. The average Bonchev–Trinajstić information content (AvgIpc) is 2.92. The predicted octanol–water partition coefficient (Wildman–Crippen LogP) is 3.68. The Morgan fingerprint density at radius 2 is 2.22 bits per heavy atom. The topological polar surface area (TPSA) is 40.7 Å². The molecule has 0 aliphatic carbocycles. The van der Waals surface area contributed by atoms with Gasteiger partial charge in [0.25, 0.3) is 0 Å². The van der Waals surface area contributed by atoms with Crippen LogP contribution in [0.1, 0.15) is 9.75 Å². The number of anilines is 1. The second-order valence-corrected chi connectivity index (χ2v) is 5.49. The number of aromatic amines is 1. The molecule has 2 heterocycles. The summed E-state index contributed by atoms with van der Waals surface area (Å²) >= 11 is 1.75. The quantitative estimate of drug-likeness (QED) is 0.755. The number of thiophene rings is 1. The van der Waals surface area contributed by atoms with Crippen LogP contribution in [-0.2, 0) is 6.54 Å². The van der Waals surface area contributed by atoms with E-state index in [1.807, 2.05) is 0 Å². The van der Waals surface area contributed by atoms with Crippen molar-refractivity contribution in [3.63, 3.8) is 0 Å². The molecule has 18 heavy (non-hydrogen) atoms. The fourth-order valence-corrected chi connectivity index (χ4v) is 2.65. The van der Waals surface area contributed by atoms with E-state index < -0.39 is 0 Å². The highest BCUT2D eigenvalue weighted by molar-refractivity contribution is 7.11. The third kappa shape index (κ3) is 2.22. The number of halogens is 1. The lowest BCUT2D eigenvalue weighted by Crippen LogP contribution is -1.98. The fourth-order valence-electron chi connectivity index (χ4n) is 1.82. The minimum atomic E-state index is -0.258. The van der Waals surface area contributed by atoms with Gasteiger partial charge in [0.2, 0.25) is 5.95 Å².